The van der Waals surface area contributed by atoms with E-state index in [2.05, 4.69) is 0 Å². The number of benzene rings is 1. The fourth-order valence-electron chi connectivity index (χ4n) is 1.49. The van der Waals surface area contributed by atoms with Crippen LogP contribution in [0, 0.1) is 0 Å². The molecule has 1 aromatic carbocycles. The van der Waals surface area contributed by atoms with Crippen LogP contribution in [0.15, 0.2) is 24.3 Å². The molecule has 0 aromatic heterocycles. The molecule has 0 aliphatic heterocycles. The summed E-state index contributed by atoms with van der Waals surface area (Å²) in [7, 11) is -3.17. The Bertz CT molecular complexity index is 490. The van der Waals surface area contributed by atoms with Crippen LogP contribution in [0.3, 0.4) is 0 Å². The molecule has 0 atom stereocenters. The average Bonchev–Trinajstić information content (AvgIpc) is 2.15. The van der Waals surface area contributed by atoms with Crippen molar-refractivity contribution < 1.29 is 13.5 Å². The van der Waals surface area contributed by atoms with E-state index in [1.807, 2.05) is 0 Å². The summed E-state index contributed by atoms with van der Waals surface area (Å²) in [5.74, 6) is 0. The Morgan fingerprint density at radius 3 is 1.59 bits per heavy atom. The summed E-state index contributed by atoms with van der Waals surface area (Å²) < 4.78 is 22.5. The quantitative estimate of drug-likeness (QED) is 0.902. The molecule has 1 N–H and O–H groups in total. The molecule has 4 heteroatoms. The van der Waals surface area contributed by atoms with Gasteiger partial charge in [0.2, 0.25) is 0 Å². The van der Waals surface area contributed by atoms with Gasteiger partial charge >= 0.3 is 0 Å². The highest BCUT2D eigenvalue weighted by molar-refractivity contribution is 7.91. The molecule has 0 saturated heterocycles. The monoisotopic (exact) mass is 256 g/mol. The summed E-state index contributed by atoms with van der Waals surface area (Å²) in [6.45, 7) is 6.76. The fourth-order valence-corrected chi connectivity index (χ4v) is 2.06. The topological polar surface area (TPSA) is 54.4 Å². The van der Waals surface area contributed by atoms with Crippen LogP contribution < -0.4 is 0 Å². The highest BCUT2D eigenvalue weighted by Gasteiger charge is 2.32. The van der Waals surface area contributed by atoms with E-state index in [9.17, 15) is 13.5 Å². The summed E-state index contributed by atoms with van der Waals surface area (Å²) in [4.78, 5) is 0. The number of hydrogen-bond acceptors (Lipinski definition) is 3. The van der Waals surface area contributed by atoms with Crippen LogP contribution >= 0.6 is 0 Å². The van der Waals surface area contributed by atoms with Gasteiger partial charge in [-0.2, -0.15) is 0 Å². The SMILES string of the molecule is CC(C)(O)c1ccc(C(C)(C)S(C)(=O)=O)cc1. The molecule has 0 heterocycles. The van der Waals surface area contributed by atoms with Crippen LogP contribution in [0.25, 0.3) is 0 Å². The molecular weight excluding hydrogens is 236 g/mol. The molecule has 17 heavy (non-hydrogen) atoms. The fraction of sp³-hybridized carbons (Fsp3) is 0.538. The summed E-state index contributed by atoms with van der Waals surface area (Å²) in [5.41, 5.74) is 0.590. The van der Waals surface area contributed by atoms with Gasteiger partial charge in [-0.3, -0.25) is 0 Å². The van der Waals surface area contributed by atoms with E-state index in [1.165, 1.54) is 6.26 Å². The van der Waals surface area contributed by atoms with Crippen molar-refractivity contribution in [1.29, 1.82) is 0 Å². The zero-order valence-corrected chi connectivity index (χ0v) is 11.8. The lowest BCUT2D eigenvalue weighted by Crippen LogP contribution is -2.28. The van der Waals surface area contributed by atoms with Crippen molar-refractivity contribution in [2.45, 2.75) is 38.0 Å². The van der Waals surface area contributed by atoms with Crippen LogP contribution in [0.5, 0.6) is 0 Å². The molecule has 0 spiro atoms. The largest absolute Gasteiger partial charge is 0.386 e. The first-order valence-corrected chi connectivity index (χ1v) is 7.38. The lowest BCUT2D eigenvalue weighted by atomic mass is 9.94. The van der Waals surface area contributed by atoms with Gasteiger partial charge in [0.15, 0.2) is 9.84 Å². The highest BCUT2D eigenvalue weighted by atomic mass is 32.2. The molecular formula is C13H20O3S. The van der Waals surface area contributed by atoms with Gasteiger partial charge in [-0.25, -0.2) is 8.42 Å². The van der Waals surface area contributed by atoms with Crippen molar-refractivity contribution in [3.8, 4) is 0 Å². The second kappa shape index (κ2) is 4.10. The number of sulfone groups is 1. The van der Waals surface area contributed by atoms with E-state index in [1.54, 1.807) is 52.0 Å². The summed E-state index contributed by atoms with van der Waals surface area (Å²) in [5, 5.41) is 9.82. The van der Waals surface area contributed by atoms with E-state index in [0.717, 1.165) is 11.1 Å². The number of rotatable bonds is 3. The minimum Gasteiger partial charge on any atom is -0.386 e. The third-order valence-corrected chi connectivity index (χ3v) is 5.30. The molecule has 0 bridgehead atoms. The van der Waals surface area contributed by atoms with Crippen molar-refractivity contribution in [2.75, 3.05) is 6.26 Å². The Balaban J connectivity index is 3.21. The zero-order chi connectivity index (χ0) is 13.5. The van der Waals surface area contributed by atoms with Gasteiger partial charge in [0.05, 0.1) is 10.3 Å². The molecule has 0 radical (unpaired) electrons. The number of aliphatic hydroxyl groups is 1. The molecule has 0 amide bonds. The predicted molar refractivity (Wildman–Crippen MR) is 69.6 cm³/mol. The van der Waals surface area contributed by atoms with Crippen molar-refractivity contribution in [1.82, 2.24) is 0 Å². The highest BCUT2D eigenvalue weighted by Crippen LogP contribution is 2.30. The van der Waals surface area contributed by atoms with Gasteiger partial charge in [0.1, 0.15) is 0 Å². The van der Waals surface area contributed by atoms with Gasteiger partial charge in [-0.05, 0) is 38.8 Å². The molecule has 0 aliphatic carbocycles. The lowest BCUT2D eigenvalue weighted by Gasteiger charge is -2.24. The Morgan fingerprint density at radius 1 is 0.941 bits per heavy atom. The van der Waals surface area contributed by atoms with E-state index < -0.39 is 20.2 Å². The first-order chi connectivity index (χ1) is 7.46. The smallest absolute Gasteiger partial charge is 0.156 e. The second-order valence-corrected chi connectivity index (χ2v) is 7.98. The van der Waals surface area contributed by atoms with E-state index in [-0.39, 0.29) is 0 Å². The Kier molecular flexibility index (Phi) is 3.43. The van der Waals surface area contributed by atoms with E-state index >= 15 is 0 Å². The third-order valence-electron chi connectivity index (χ3n) is 3.21. The van der Waals surface area contributed by atoms with Gasteiger partial charge in [-0.15, -0.1) is 0 Å². The van der Waals surface area contributed by atoms with Crippen LogP contribution in [-0.4, -0.2) is 19.8 Å². The molecule has 96 valence electrons. The van der Waals surface area contributed by atoms with Crippen LogP contribution in [-0.2, 0) is 20.2 Å². The zero-order valence-electron chi connectivity index (χ0n) is 11.0. The molecule has 0 unspecified atom stereocenters. The van der Waals surface area contributed by atoms with Crippen molar-refractivity contribution in [3.05, 3.63) is 35.4 Å². The molecule has 1 aromatic rings. The van der Waals surface area contributed by atoms with Crippen molar-refractivity contribution >= 4 is 9.84 Å². The third kappa shape index (κ3) is 2.87. The maximum atomic E-state index is 11.7. The summed E-state index contributed by atoms with van der Waals surface area (Å²) in [6, 6.07) is 7.05. The molecule has 0 aliphatic rings. The Morgan fingerprint density at radius 2 is 1.29 bits per heavy atom. The maximum Gasteiger partial charge on any atom is 0.156 e. The van der Waals surface area contributed by atoms with Gasteiger partial charge in [-0.1, -0.05) is 24.3 Å². The van der Waals surface area contributed by atoms with Gasteiger partial charge in [0, 0.05) is 6.26 Å². The predicted octanol–water partition coefficient (Wildman–Crippen LogP) is 2.19. The van der Waals surface area contributed by atoms with Crippen LogP contribution in [0.1, 0.15) is 38.8 Å². The average molecular weight is 256 g/mol. The molecule has 0 fully saturated rings. The van der Waals surface area contributed by atoms with Crippen molar-refractivity contribution in [3.63, 3.8) is 0 Å². The summed E-state index contributed by atoms with van der Waals surface area (Å²) in [6.07, 6.45) is 1.23. The lowest BCUT2D eigenvalue weighted by molar-refractivity contribution is 0.0786. The molecule has 3 nitrogen and oxygen atoms in total. The standard InChI is InChI=1S/C13H20O3S/c1-12(2,14)10-6-8-11(9-7-10)13(3,4)17(5,15)16/h6-9,14H,1-5H3. The van der Waals surface area contributed by atoms with E-state index in [0.29, 0.717) is 0 Å². The van der Waals surface area contributed by atoms with Gasteiger partial charge in [0.25, 0.3) is 0 Å². The second-order valence-electron chi connectivity index (χ2n) is 5.42. The van der Waals surface area contributed by atoms with Crippen molar-refractivity contribution in [2.24, 2.45) is 0 Å². The normalized spacial score (nSPS) is 13.8. The summed E-state index contributed by atoms with van der Waals surface area (Å²) >= 11 is 0. The maximum absolute atomic E-state index is 11.7. The Hall–Kier alpha value is -0.870. The van der Waals surface area contributed by atoms with Crippen LogP contribution in [0.2, 0.25) is 0 Å². The first-order valence-electron chi connectivity index (χ1n) is 5.49. The first kappa shape index (κ1) is 14.2. The number of hydrogen-bond donors (Lipinski definition) is 1. The minimum atomic E-state index is -3.17. The van der Waals surface area contributed by atoms with Crippen LogP contribution in [0.4, 0.5) is 0 Å². The van der Waals surface area contributed by atoms with E-state index in [4.69, 9.17) is 0 Å². The Labute approximate surface area is 103 Å². The van der Waals surface area contributed by atoms with Gasteiger partial charge < -0.3 is 5.11 Å². The molecule has 1 rings (SSSR count). The minimum absolute atomic E-state index is 0.730. The molecule has 0 saturated carbocycles.